The van der Waals surface area contributed by atoms with Crippen molar-refractivity contribution >= 4 is 21.8 Å². The lowest BCUT2D eigenvalue weighted by Gasteiger charge is -2.11. The number of pyridine rings is 2. The molecular weight excluding hydrogens is 292 g/mol. The SMILES string of the molecule is CCC(C)c1cnc2c(ccc3ccc(-c4ccccc4)nc32)c1. The van der Waals surface area contributed by atoms with Gasteiger partial charge in [0.2, 0.25) is 0 Å². The number of hydrogen-bond donors (Lipinski definition) is 0. The van der Waals surface area contributed by atoms with Crippen LogP contribution >= 0.6 is 0 Å². The van der Waals surface area contributed by atoms with Crippen LogP contribution in [0.5, 0.6) is 0 Å². The lowest BCUT2D eigenvalue weighted by Crippen LogP contribution is -1.94. The molecule has 0 aliphatic rings. The maximum Gasteiger partial charge on any atom is 0.0972 e. The zero-order chi connectivity index (χ0) is 16.5. The average molecular weight is 312 g/mol. The zero-order valence-corrected chi connectivity index (χ0v) is 14.0. The highest BCUT2D eigenvalue weighted by atomic mass is 14.8. The Hall–Kier alpha value is -2.74. The molecule has 0 radical (unpaired) electrons. The van der Waals surface area contributed by atoms with Crippen LogP contribution in [0.1, 0.15) is 31.7 Å². The molecule has 118 valence electrons. The van der Waals surface area contributed by atoms with Crippen molar-refractivity contribution in [2.75, 3.05) is 0 Å². The van der Waals surface area contributed by atoms with Crippen LogP contribution in [0.2, 0.25) is 0 Å². The molecule has 2 heterocycles. The van der Waals surface area contributed by atoms with Crippen LogP contribution < -0.4 is 0 Å². The smallest absolute Gasteiger partial charge is 0.0972 e. The molecule has 4 aromatic rings. The Morgan fingerprint density at radius 2 is 1.62 bits per heavy atom. The molecule has 0 aliphatic carbocycles. The van der Waals surface area contributed by atoms with Crippen LogP contribution in [-0.2, 0) is 0 Å². The van der Waals surface area contributed by atoms with Crippen molar-refractivity contribution < 1.29 is 0 Å². The molecule has 4 rings (SSSR count). The number of fused-ring (bicyclic) bond motifs is 3. The molecule has 0 bridgehead atoms. The molecule has 0 saturated heterocycles. The molecule has 0 amide bonds. The van der Waals surface area contributed by atoms with Crippen molar-refractivity contribution in [1.29, 1.82) is 0 Å². The third-order valence-electron chi connectivity index (χ3n) is 4.78. The zero-order valence-electron chi connectivity index (χ0n) is 14.0. The number of hydrogen-bond acceptors (Lipinski definition) is 2. The van der Waals surface area contributed by atoms with E-state index in [0.717, 1.165) is 39.5 Å². The Labute approximate surface area is 142 Å². The maximum atomic E-state index is 4.91. The van der Waals surface area contributed by atoms with E-state index in [1.165, 1.54) is 5.56 Å². The molecule has 0 spiro atoms. The Morgan fingerprint density at radius 3 is 2.42 bits per heavy atom. The van der Waals surface area contributed by atoms with Gasteiger partial charge in [-0.3, -0.25) is 4.98 Å². The summed E-state index contributed by atoms with van der Waals surface area (Å²) in [5, 5.41) is 2.30. The van der Waals surface area contributed by atoms with E-state index in [4.69, 9.17) is 9.97 Å². The summed E-state index contributed by atoms with van der Waals surface area (Å²) in [6.07, 6.45) is 3.13. The summed E-state index contributed by atoms with van der Waals surface area (Å²) in [7, 11) is 0. The Balaban J connectivity index is 1.92. The maximum absolute atomic E-state index is 4.91. The normalized spacial score (nSPS) is 12.6. The summed E-state index contributed by atoms with van der Waals surface area (Å²) in [6.45, 7) is 4.46. The van der Waals surface area contributed by atoms with Crippen LogP contribution in [0, 0.1) is 0 Å². The van der Waals surface area contributed by atoms with Gasteiger partial charge in [0, 0.05) is 22.5 Å². The van der Waals surface area contributed by atoms with E-state index in [9.17, 15) is 0 Å². The van der Waals surface area contributed by atoms with E-state index in [2.05, 4.69) is 56.3 Å². The van der Waals surface area contributed by atoms with Gasteiger partial charge in [0.05, 0.1) is 16.7 Å². The van der Waals surface area contributed by atoms with Crippen molar-refractivity contribution in [1.82, 2.24) is 9.97 Å². The summed E-state index contributed by atoms with van der Waals surface area (Å²) in [4.78, 5) is 9.66. The monoisotopic (exact) mass is 312 g/mol. The van der Waals surface area contributed by atoms with Crippen LogP contribution in [0.3, 0.4) is 0 Å². The summed E-state index contributed by atoms with van der Waals surface area (Å²) in [6, 6.07) is 21.1. The topological polar surface area (TPSA) is 25.8 Å². The molecule has 2 aromatic carbocycles. The number of rotatable bonds is 3. The molecule has 2 heteroatoms. The first kappa shape index (κ1) is 14.8. The van der Waals surface area contributed by atoms with Gasteiger partial charge in [0.1, 0.15) is 0 Å². The molecule has 2 nitrogen and oxygen atoms in total. The van der Waals surface area contributed by atoms with Gasteiger partial charge in [-0.2, -0.15) is 0 Å². The van der Waals surface area contributed by atoms with E-state index in [0.29, 0.717) is 5.92 Å². The average Bonchev–Trinajstić information content (AvgIpc) is 2.67. The second kappa shape index (κ2) is 6.04. The Morgan fingerprint density at radius 1 is 0.875 bits per heavy atom. The number of aromatic nitrogens is 2. The van der Waals surface area contributed by atoms with E-state index < -0.39 is 0 Å². The highest BCUT2D eigenvalue weighted by Crippen LogP contribution is 2.28. The molecule has 0 N–H and O–H groups in total. The first-order valence-corrected chi connectivity index (χ1v) is 8.51. The molecule has 1 unspecified atom stereocenters. The first-order valence-electron chi connectivity index (χ1n) is 8.51. The van der Waals surface area contributed by atoms with E-state index in [1.807, 2.05) is 24.4 Å². The van der Waals surface area contributed by atoms with Crippen LogP contribution in [0.15, 0.2) is 66.9 Å². The predicted octanol–water partition coefficient (Wildman–Crippen LogP) is 5.96. The summed E-state index contributed by atoms with van der Waals surface area (Å²) < 4.78 is 0. The fourth-order valence-corrected chi connectivity index (χ4v) is 3.07. The van der Waals surface area contributed by atoms with Crippen LogP contribution in [0.4, 0.5) is 0 Å². The Kier molecular flexibility index (Phi) is 3.73. The highest BCUT2D eigenvalue weighted by Gasteiger charge is 2.09. The standard InChI is InChI=1S/C22H20N2/c1-3-15(2)19-13-18-10-9-17-11-12-20(16-7-5-4-6-8-16)24-22(17)21(18)23-14-19/h4-15H,3H2,1-2H3. The van der Waals surface area contributed by atoms with Crippen molar-refractivity contribution in [3.8, 4) is 11.3 Å². The van der Waals surface area contributed by atoms with Gasteiger partial charge in [-0.25, -0.2) is 4.98 Å². The lowest BCUT2D eigenvalue weighted by molar-refractivity contribution is 0.731. The summed E-state index contributed by atoms with van der Waals surface area (Å²) in [5.41, 5.74) is 5.38. The number of nitrogens with zero attached hydrogens (tertiary/aromatic N) is 2. The van der Waals surface area contributed by atoms with Gasteiger partial charge in [0.15, 0.2) is 0 Å². The minimum absolute atomic E-state index is 0.529. The molecule has 1 atom stereocenters. The molecule has 0 fully saturated rings. The molecule has 24 heavy (non-hydrogen) atoms. The van der Waals surface area contributed by atoms with E-state index in [1.54, 1.807) is 0 Å². The van der Waals surface area contributed by atoms with Crippen molar-refractivity contribution in [3.63, 3.8) is 0 Å². The quantitative estimate of drug-likeness (QED) is 0.436. The molecule has 0 aliphatic heterocycles. The third kappa shape index (κ3) is 2.54. The second-order valence-electron chi connectivity index (χ2n) is 6.35. The largest absolute Gasteiger partial charge is 0.254 e. The first-order chi connectivity index (χ1) is 11.8. The lowest BCUT2D eigenvalue weighted by atomic mass is 9.98. The van der Waals surface area contributed by atoms with Crippen molar-refractivity contribution in [2.24, 2.45) is 0 Å². The van der Waals surface area contributed by atoms with Gasteiger partial charge >= 0.3 is 0 Å². The van der Waals surface area contributed by atoms with Crippen LogP contribution in [0.25, 0.3) is 33.1 Å². The minimum atomic E-state index is 0.529. The van der Waals surface area contributed by atoms with Gasteiger partial charge in [-0.1, -0.05) is 62.4 Å². The van der Waals surface area contributed by atoms with Gasteiger partial charge in [-0.05, 0) is 30.0 Å². The van der Waals surface area contributed by atoms with Crippen molar-refractivity contribution in [2.45, 2.75) is 26.2 Å². The van der Waals surface area contributed by atoms with Gasteiger partial charge < -0.3 is 0 Å². The minimum Gasteiger partial charge on any atom is -0.254 e. The molecule has 0 saturated carbocycles. The predicted molar refractivity (Wildman–Crippen MR) is 101 cm³/mol. The second-order valence-corrected chi connectivity index (χ2v) is 6.35. The Bertz CT molecular complexity index is 1010. The van der Waals surface area contributed by atoms with Gasteiger partial charge in [0.25, 0.3) is 0 Å². The van der Waals surface area contributed by atoms with Crippen molar-refractivity contribution in [3.05, 3.63) is 72.4 Å². The highest BCUT2D eigenvalue weighted by molar-refractivity contribution is 6.03. The van der Waals surface area contributed by atoms with Crippen LogP contribution in [-0.4, -0.2) is 9.97 Å². The summed E-state index contributed by atoms with van der Waals surface area (Å²) >= 11 is 0. The summed E-state index contributed by atoms with van der Waals surface area (Å²) in [5.74, 6) is 0.529. The molecule has 2 aromatic heterocycles. The molecular formula is C22H20N2. The fraction of sp³-hybridized carbons (Fsp3) is 0.182. The number of benzene rings is 2. The fourth-order valence-electron chi connectivity index (χ4n) is 3.07. The third-order valence-corrected chi connectivity index (χ3v) is 4.78. The van der Waals surface area contributed by atoms with E-state index in [-0.39, 0.29) is 0 Å². The van der Waals surface area contributed by atoms with Gasteiger partial charge in [-0.15, -0.1) is 0 Å². The van der Waals surface area contributed by atoms with E-state index >= 15 is 0 Å².